The molecule has 1 aromatic heterocycles. The van der Waals surface area contributed by atoms with Crippen molar-refractivity contribution in [3.63, 3.8) is 0 Å². The summed E-state index contributed by atoms with van der Waals surface area (Å²) in [5, 5.41) is 7.23. The average molecular weight is 390 g/mol. The fourth-order valence-electron chi connectivity index (χ4n) is 2.29. The number of anilines is 1. The van der Waals surface area contributed by atoms with Gasteiger partial charge in [0.25, 0.3) is 5.91 Å². The van der Waals surface area contributed by atoms with Crippen molar-refractivity contribution >= 4 is 35.0 Å². The Bertz CT molecular complexity index is 930. The van der Waals surface area contributed by atoms with Crippen LogP contribution in [-0.4, -0.2) is 23.2 Å². The first-order valence-corrected chi connectivity index (χ1v) is 9.09. The molecular weight excluding hydrogens is 374 g/mol. The van der Waals surface area contributed by atoms with E-state index in [4.69, 9.17) is 20.9 Å². The molecule has 1 heterocycles. The highest BCUT2D eigenvalue weighted by Crippen LogP contribution is 2.30. The SMILES string of the molecule is COc1ccc(Cl)cc1NC(=O)c1ccccc1SCc1noc(C)n1. The summed E-state index contributed by atoms with van der Waals surface area (Å²) >= 11 is 7.48. The molecule has 1 amide bonds. The largest absolute Gasteiger partial charge is 0.495 e. The van der Waals surface area contributed by atoms with Gasteiger partial charge in [-0.15, -0.1) is 11.8 Å². The number of methoxy groups -OCH3 is 1. The molecule has 8 heteroatoms. The predicted molar refractivity (Wildman–Crippen MR) is 101 cm³/mol. The molecule has 134 valence electrons. The van der Waals surface area contributed by atoms with E-state index in [1.54, 1.807) is 31.2 Å². The summed E-state index contributed by atoms with van der Waals surface area (Å²) in [5.74, 6) is 1.88. The van der Waals surface area contributed by atoms with E-state index in [0.29, 0.717) is 39.5 Å². The Hall–Kier alpha value is -2.51. The number of nitrogens with one attached hydrogen (secondary N) is 1. The fourth-order valence-corrected chi connectivity index (χ4v) is 3.35. The van der Waals surface area contributed by atoms with Crippen molar-refractivity contribution in [1.82, 2.24) is 10.1 Å². The molecular formula is C18H16ClN3O3S. The van der Waals surface area contributed by atoms with Crippen LogP contribution in [-0.2, 0) is 5.75 Å². The maximum absolute atomic E-state index is 12.8. The van der Waals surface area contributed by atoms with Crippen molar-refractivity contribution in [2.45, 2.75) is 17.6 Å². The van der Waals surface area contributed by atoms with Crippen LogP contribution in [0.5, 0.6) is 5.75 Å². The number of amides is 1. The first-order chi connectivity index (χ1) is 12.6. The van der Waals surface area contributed by atoms with Gasteiger partial charge in [-0.25, -0.2) is 0 Å². The molecule has 0 fully saturated rings. The topological polar surface area (TPSA) is 77.2 Å². The van der Waals surface area contributed by atoms with Gasteiger partial charge >= 0.3 is 0 Å². The molecule has 0 atom stereocenters. The summed E-state index contributed by atoms with van der Waals surface area (Å²) in [6, 6.07) is 12.4. The number of rotatable bonds is 6. The van der Waals surface area contributed by atoms with E-state index in [1.165, 1.54) is 18.9 Å². The molecule has 3 rings (SSSR count). The van der Waals surface area contributed by atoms with Crippen LogP contribution in [0.15, 0.2) is 51.9 Å². The summed E-state index contributed by atoms with van der Waals surface area (Å²) in [4.78, 5) is 17.7. The first-order valence-electron chi connectivity index (χ1n) is 7.72. The summed E-state index contributed by atoms with van der Waals surface area (Å²) in [6.07, 6.45) is 0. The second kappa shape index (κ2) is 8.25. The van der Waals surface area contributed by atoms with E-state index >= 15 is 0 Å². The molecule has 3 aromatic rings. The minimum Gasteiger partial charge on any atom is -0.495 e. The third-order valence-corrected chi connectivity index (χ3v) is 4.77. The van der Waals surface area contributed by atoms with Gasteiger partial charge in [-0.2, -0.15) is 4.98 Å². The van der Waals surface area contributed by atoms with Gasteiger partial charge in [0, 0.05) is 16.8 Å². The van der Waals surface area contributed by atoms with Crippen LogP contribution >= 0.6 is 23.4 Å². The molecule has 26 heavy (non-hydrogen) atoms. The number of ether oxygens (including phenoxy) is 1. The molecule has 0 saturated carbocycles. The van der Waals surface area contributed by atoms with Crippen LogP contribution < -0.4 is 10.1 Å². The van der Waals surface area contributed by atoms with Crippen molar-refractivity contribution in [1.29, 1.82) is 0 Å². The molecule has 2 aromatic carbocycles. The standard InChI is InChI=1S/C18H16ClN3O3S/c1-11-20-17(22-25-11)10-26-16-6-4-3-5-13(16)18(23)21-14-9-12(19)7-8-15(14)24-2/h3-9H,10H2,1-2H3,(H,21,23). The molecule has 0 aliphatic carbocycles. The van der Waals surface area contributed by atoms with Gasteiger partial charge in [0.2, 0.25) is 5.89 Å². The van der Waals surface area contributed by atoms with Crippen LogP contribution in [0.1, 0.15) is 22.1 Å². The molecule has 0 saturated heterocycles. The Kier molecular flexibility index (Phi) is 5.80. The predicted octanol–water partition coefficient (Wildman–Crippen LogP) is 4.58. The number of nitrogens with zero attached hydrogens (tertiary/aromatic N) is 2. The Labute approximate surface area is 159 Å². The lowest BCUT2D eigenvalue weighted by Crippen LogP contribution is -2.13. The van der Waals surface area contributed by atoms with Gasteiger partial charge in [-0.3, -0.25) is 4.79 Å². The van der Waals surface area contributed by atoms with Gasteiger partial charge in [0.1, 0.15) is 5.75 Å². The van der Waals surface area contributed by atoms with E-state index in [1.807, 2.05) is 18.2 Å². The van der Waals surface area contributed by atoms with E-state index < -0.39 is 0 Å². The molecule has 6 nitrogen and oxygen atoms in total. The number of thioether (sulfide) groups is 1. The van der Waals surface area contributed by atoms with E-state index in [9.17, 15) is 4.79 Å². The summed E-state index contributed by atoms with van der Waals surface area (Å²) in [7, 11) is 1.54. The fraction of sp³-hybridized carbons (Fsp3) is 0.167. The molecule has 0 unspecified atom stereocenters. The zero-order chi connectivity index (χ0) is 18.5. The number of aryl methyl sites for hydroxylation is 1. The Morgan fingerprint density at radius 2 is 2.12 bits per heavy atom. The number of halogens is 1. The molecule has 0 aliphatic rings. The maximum atomic E-state index is 12.8. The van der Waals surface area contributed by atoms with Crippen molar-refractivity contribution in [2.75, 3.05) is 12.4 Å². The second-order valence-corrected chi connectivity index (χ2v) is 6.77. The van der Waals surface area contributed by atoms with Crippen molar-refractivity contribution in [3.8, 4) is 5.75 Å². The highest BCUT2D eigenvalue weighted by molar-refractivity contribution is 7.98. The lowest BCUT2D eigenvalue weighted by molar-refractivity contribution is 0.102. The third kappa shape index (κ3) is 4.36. The van der Waals surface area contributed by atoms with Gasteiger partial charge < -0.3 is 14.6 Å². The first kappa shape index (κ1) is 18.3. The van der Waals surface area contributed by atoms with Gasteiger partial charge in [-0.05, 0) is 30.3 Å². The number of hydrogen-bond acceptors (Lipinski definition) is 6. The number of benzene rings is 2. The van der Waals surface area contributed by atoms with Crippen LogP contribution in [0.25, 0.3) is 0 Å². The quantitative estimate of drug-likeness (QED) is 0.621. The highest BCUT2D eigenvalue weighted by Gasteiger charge is 2.15. The van der Waals surface area contributed by atoms with E-state index in [2.05, 4.69) is 15.5 Å². The molecule has 0 bridgehead atoms. The van der Waals surface area contributed by atoms with Crippen LogP contribution in [0.3, 0.4) is 0 Å². The molecule has 0 radical (unpaired) electrons. The van der Waals surface area contributed by atoms with Crippen molar-refractivity contribution in [3.05, 3.63) is 64.8 Å². The average Bonchev–Trinajstić information content (AvgIpc) is 3.06. The normalized spacial score (nSPS) is 10.6. The Morgan fingerprint density at radius 3 is 2.85 bits per heavy atom. The number of carbonyl (C=O) groups excluding carboxylic acids is 1. The zero-order valence-corrected chi connectivity index (χ0v) is 15.7. The number of aromatic nitrogens is 2. The van der Waals surface area contributed by atoms with Crippen LogP contribution in [0.2, 0.25) is 5.02 Å². The van der Waals surface area contributed by atoms with Crippen molar-refractivity contribution < 1.29 is 14.1 Å². The summed E-state index contributed by atoms with van der Waals surface area (Å²) in [5.41, 5.74) is 1.05. The van der Waals surface area contributed by atoms with E-state index in [-0.39, 0.29) is 5.91 Å². The monoisotopic (exact) mass is 389 g/mol. The maximum Gasteiger partial charge on any atom is 0.256 e. The molecule has 1 N–H and O–H groups in total. The Morgan fingerprint density at radius 1 is 1.31 bits per heavy atom. The summed E-state index contributed by atoms with van der Waals surface area (Å²) in [6.45, 7) is 1.74. The lowest BCUT2D eigenvalue weighted by Gasteiger charge is -2.12. The Balaban J connectivity index is 1.78. The van der Waals surface area contributed by atoms with Gasteiger partial charge in [-0.1, -0.05) is 28.9 Å². The smallest absolute Gasteiger partial charge is 0.256 e. The minimum atomic E-state index is -0.252. The summed E-state index contributed by atoms with van der Waals surface area (Å²) < 4.78 is 10.2. The highest BCUT2D eigenvalue weighted by atomic mass is 35.5. The molecule has 0 aliphatic heterocycles. The third-order valence-electron chi connectivity index (χ3n) is 3.47. The minimum absolute atomic E-state index is 0.252. The number of hydrogen-bond donors (Lipinski definition) is 1. The lowest BCUT2D eigenvalue weighted by atomic mass is 10.2. The van der Waals surface area contributed by atoms with Crippen LogP contribution in [0.4, 0.5) is 5.69 Å². The van der Waals surface area contributed by atoms with Gasteiger partial charge in [0.15, 0.2) is 5.82 Å². The number of carbonyl (C=O) groups is 1. The van der Waals surface area contributed by atoms with Crippen molar-refractivity contribution in [2.24, 2.45) is 0 Å². The van der Waals surface area contributed by atoms with Gasteiger partial charge in [0.05, 0.1) is 24.1 Å². The second-order valence-electron chi connectivity index (χ2n) is 5.31. The van der Waals surface area contributed by atoms with E-state index in [0.717, 1.165) is 4.90 Å². The molecule has 0 spiro atoms. The zero-order valence-electron chi connectivity index (χ0n) is 14.2. The van der Waals surface area contributed by atoms with Crippen LogP contribution in [0, 0.1) is 6.92 Å².